The second-order valence-electron chi connectivity index (χ2n) is 14.0. The van der Waals surface area contributed by atoms with Gasteiger partial charge in [0.05, 0.1) is 44.2 Å². The topological polar surface area (TPSA) is 49.3 Å². The van der Waals surface area contributed by atoms with Crippen LogP contribution in [0.25, 0.3) is 121 Å². The molecule has 0 amide bonds. The van der Waals surface area contributed by atoms with Crippen molar-refractivity contribution in [3.05, 3.63) is 158 Å². The smallest absolute Gasteiger partial charge is 0.159 e. The van der Waals surface area contributed by atoms with E-state index in [1.807, 2.05) is 24.3 Å². The van der Waals surface area contributed by atoms with Gasteiger partial charge in [-0.15, -0.1) is 0 Å². The SMILES string of the molecule is c1ccc2c(c1)oc1c(-n3c4ccccc4c4c5oc6c(ccc7c6c6ccccc6n7-c6cccc7c6oc6ccccc67)c5ccc43)cccc12. The largest absolute Gasteiger partial charge is 0.455 e. The molecule has 13 rings (SSSR count). The van der Waals surface area contributed by atoms with Crippen LogP contribution in [0.2, 0.25) is 0 Å². The van der Waals surface area contributed by atoms with Crippen molar-refractivity contribution in [2.45, 2.75) is 0 Å². The standard InChI is InChI=1S/C48H26N2O3/c1-5-17-35-33(13-1)43-37(49(35)39-19-9-15-29-27-11-3-7-21-41(27)51-45(29)39)25-23-31-32-24-26-38-44(48(32)53-47(31)43)34-14-2-6-18-36(34)50(38)40-20-10-16-30-28-12-4-8-22-42(28)52-46(30)40/h1-26H. The molecule has 0 radical (unpaired) electrons. The van der Waals surface area contributed by atoms with E-state index >= 15 is 0 Å². The lowest BCUT2D eigenvalue weighted by atomic mass is 10.1. The van der Waals surface area contributed by atoms with Gasteiger partial charge in [-0.25, -0.2) is 0 Å². The Morgan fingerprint density at radius 2 is 0.660 bits per heavy atom. The summed E-state index contributed by atoms with van der Waals surface area (Å²) in [5.74, 6) is 0. The van der Waals surface area contributed by atoms with Gasteiger partial charge in [-0.3, -0.25) is 0 Å². The van der Waals surface area contributed by atoms with Crippen molar-refractivity contribution in [3.63, 3.8) is 0 Å². The van der Waals surface area contributed by atoms with Crippen LogP contribution >= 0.6 is 0 Å². The molecule has 0 bridgehead atoms. The molecule has 0 atom stereocenters. The van der Waals surface area contributed by atoms with Gasteiger partial charge in [0.2, 0.25) is 0 Å². The monoisotopic (exact) mass is 678 g/mol. The van der Waals surface area contributed by atoms with Crippen molar-refractivity contribution < 1.29 is 13.3 Å². The molecule has 13 aromatic rings. The summed E-state index contributed by atoms with van der Waals surface area (Å²) in [5.41, 5.74) is 11.6. The first-order valence-corrected chi connectivity index (χ1v) is 17.9. The molecule has 0 saturated heterocycles. The predicted molar refractivity (Wildman–Crippen MR) is 217 cm³/mol. The van der Waals surface area contributed by atoms with Crippen LogP contribution in [0.4, 0.5) is 0 Å². The zero-order chi connectivity index (χ0) is 34.4. The minimum Gasteiger partial charge on any atom is -0.455 e. The Balaban J connectivity index is 1.14. The quantitative estimate of drug-likeness (QED) is 0.183. The van der Waals surface area contributed by atoms with E-state index < -0.39 is 0 Å². The molecule has 0 saturated carbocycles. The number of benzene rings is 8. The highest BCUT2D eigenvalue weighted by molar-refractivity contribution is 6.29. The van der Waals surface area contributed by atoms with Crippen LogP contribution < -0.4 is 0 Å². The molecule has 5 aromatic heterocycles. The molecule has 0 aliphatic heterocycles. The third-order valence-electron chi connectivity index (χ3n) is 11.3. The normalized spacial score (nSPS) is 12.5. The van der Waals surface area contributed by atoms with Crippen LogP contribution in [0.1, 0.15) is 0 Å². The lowest BCUT2D eigenvalue weighted by Crippen LogP contribution is -1.94. The van der Waals surface area contributed by atoms with E-state index in [1.54, 1.807) is 0 Å². The zero-order valence-electron chi connectivity index (χ0n) is 28.1. The predicted octanol–water partition coefficient (Wildman–Crippen LogP) is 13.6. The summed E-state index contributed by atoms with van der Waals surface area (Å²) in [6.07, 6.45) is 0. The van der Waals surface area contributed by atoms with E-state index in [4.69, 9.17) is 13.3 Å². The van der Waals surface area contributed by atoms with Crippen molar-refractivity contribution in [3.8, 4) is 11.4 Å². The summed E-state index contributed by atoms with van der Waals surface area (Å²) in [6.45, 7) is 0. The van der Waals surface area contributed by atoms with Crippen molar-refractivity contribution >= 4 is 109 Å². The molecule has 53 heavy (non-hydrogen) atoms. The first-order chi connectivity index (χ1) is 26.3. The number of fused-ring (bicyclic) bond motifs is 17. The second kappa shape index (κ2) is 9.75. The fourth-order valence-electron chi connectivity index (χ4n) is 9.13. The average Bonchev–Trinajstić information content (AvgIpc) is 4.01. The molecule has 246 valence electrons. The maximum absolute atomic E-state index is 7.19. The first kappa shape index (κ1) is 27.5. The molecule has 5 heterocycles. The van der Waals surface area contributed by atoms with Crippen LogP contribution in [0, 0.1) is 0 Å². The summed E-state index contributed by atoms with van der Waals surface area (Å²) in [7, 11) is 0. The molecule has 0 aliphatic rings. The Labute approximate surface area is 300 Å². The fraction of sp³-hybridized carbons (Fsp3) is 0. The number of hydrogen-bond donors (Lipinski definition) is 0. The Morgan fingerprint density at radius 1 is 0.264 bits per heavy atom. The van der Waals surface area contributed by atoms with Gasteiger partial charge in [0.1, 0.15) is 22.3 Å². The maximum atomic E-state index is 7.19. The third-order valence-corrected chi connectivity index (χ3v) is 11.3. The average molecular weight is 679 g/mol. The Hall–Kier alpha value is -7.24. The van der Waals surface area contributed by atoms with Gasteiger partial charge in [-0.2, -0.15) is 0 Å². The molecule has 0 N–H and O–H groups in total. The van der Waals surface area contributed by atoms with Crippen molar-refractivity contribution in [1.82, 2.24) is 9.13 Å². The maximum Gasteiger partial charge on any atom is 0.159 e. The lowest BCUT2D eigenvalue weighted by molar-refractivity contribution is 0.666. The van der Waals surface area contributed by atoms with Crippen LogP contribution in [-0.4, -0.2) is 9.13 Å². The van der Waals surface area contributed by atoms with Crippen molar-refractivity contribution in [1.29, 1.82) is 0 Å². The summed E-state index contributed by atoms with van der Waals surface area (Å²) in [6, 6.07) is 55.5. The van der Waals surface area contributed by atoms with Crippen LogP contribution in [0.5, 0.6) is 0 Å². The van der Waals surface area contributed by atoms with Gasteiger partial charge in [-0.1, -0.05) is 97.1 Å². The van der Waals surface area contributed by atoms with Crippen LogP contribution in [-0.2, 0) is 0 Å². The van der Waals surface area contributed by atoms with Gasteiger partial charge >= 0.3 is 0 Å². The number of rotatable bonds is 2. The molecule has 5 nitrogen and oxygen atoms in total. The minimum absolute atomic E-state index is 0.870. The molecule has 8 aromatic carbocycles. The summed E-state index contributed by atoms with van der Waals surface area (Å²) in [4.78, 5) is 0. The Morgan fingerprint density at radius 3 is 1.15 bits per heavy atom. The molecule has 0 fully saturated rings. The van der Waals surface area contributed by atoms with Crippen LogP contribution in [0.15, 0.2) is 171 Å². The Bertz CT molecular complexity index is 3450. The van der Waals surface area contributed by atoms with E-state index in [0.717, 1.165) is 121 Å². The summed E-state index contributed by atoms with van der Waals surface area (Å²) in [5, 5.41) is 11.1. The number of hydrogen-bond acceptors (Lipinski definition) is 3. The summed E-state index contributed by atoms with van der Waals surface area (Å²) >= 11 is 0. The van der Waals surface area contributed by atoms with Crippen molar-refractivity contribution in [2.24, 2.45) is 0 Å². The number of aromatic nitrogens is 2. The highest BCUT2D eigenvalue weighted by Crippen LogP contribution is 2.46. The lowest BCUT2D eigenvalue weighted by Gasteiger charge is -2.08. The molecule has 0 unspecified atom stereocenters. The summed E-state index contributed by atoms with van der Waals surface area (Å²) < 4.78 is 25.0. The van der Waals surface area contributed by atoms with Gasteiger partial charge in [0, 0.05) is 43.1 Å². The molecule has 0 spiro atoms. The van der Waals surface area contributed by atoms with E-state index in [1.165, 1.54) is 0 Å². The minimum atomic E-state index is 0.870. The first-order valence-electron chi connectivity index (χ1n) is 17.9. The van der Waals surface area contributed by atoms with Gasteiger partial charge in [0.25, 0.3) is 0 Å². The van der Waals surface area contributed by atoms with E-state index in [-0.39, 0.29) is 0 Å². The number of furan rings is 3. The van der Waals surface area contributed by atoms with Gasteiger partial charge in [-0.05, 0) is 60.7 Å². The van der Waals surface area contributed by atoms with Crippen molar-refractivity contribution in [2.75, 3.05) is 0 Å². The fourth-order valence-corrected chi connectivity index (χ4v) is 9.13. The molecular weight excluding hydrogens is 653 g/mol. The highest BCUT2D eigenvalue weighted by atomic mass is 16.3. The molecule has 5 heteroatoms. The van der Waals surface area contributed by atoms with E-state index in [0.29, 0.717) is 0 Å². The number of nitrogens with zero attached hydrogens (tertiary/aromatic N) is 2. The van der Waals surface area contributed by atoms with Crippen LogP contribution in [0.3, 0.4) is 0 Å². The molecule has 0 aliphatic carbocycles. The molecular formula is C48H26N2O3. The van der Waals surface area contributed by atoms with E-state index in [9.17, 15) is 0 Å². The Kier molecular flexibility index (Phi) is 5.06. The second-order valence-corrected chi connectivity index (χ2v) is 14.0. The van der Waals surface area contributed by atoms with E-state index in [2.05, 4.69) is 143 Å². The number of para-hydroxylation sites is 6. The zero-order valence-corrected chi connectivity index (χ0v) is 28.1. The van der Waals surface area contributed by atoms with Gasteiger partial charge < -0.3 is 22.4 Å². The van der Waals surface area contributed by atoms with Gasteiger partial charge in [0.15, 0.2) is 11.2 Å². The third kappa shape index (κ3) is 3.42. The highest BCUT2D eigenvalue weighted by Gasteiger charge is 2.24.